The van der Waals surface area contributed by atoms with Crippen molar-refractivity contribution in [3.8, 4) is 0 Å². The number of benzene rings is 1. The molecule has 2 heterocycles. The van der Waals surface area contributed by atoms with E-state index in [2.05, 4.69) is 42.9 Å². The third kappa shape index (κ3) is 5.26. The number of halogens is 1. The highest BCUT2D eigenvalue weighted by Gasteiger charge is 2.11. The van der Waals surface area contributed by atoms with Gasteiger partial charge in [-0.15, -0.1) is 0 Å². The molecule has 0 saturated carbocycles. The summed E-state index contributed by atoms with van der Waals surface area (Å²) < 4.78 is 0. The van der Waals surface area contributed by atoms with Crippen LogP contribution in [0.1, 0.15) is 22.4 Å². The summed E-state index contributed by atoms with van der Waals surface area (Å²) in [4.78, 5) is 13.9. The minimum Gasteiger partial charge on any atom is -0.394 e. The van der Waals surface area contributed by atoms with E-state index in [1.165, 1.54) is 6.20 Å². The fourth-order valence-corrected chi connectivity index (χ4v) is 2.89. The van der Waals surface area contributed by atoms with Crippen molar-refractivity contribution >= 4 is 40.6 Å². The monoisotopic (exact) mass is 429 g/mol. The molecule has 0 spiro atoms. The van der Waals surface area contributed by atoms with Crippen LogP contribution in [0.4, 0.5) is 23.3 Å². The molecule has 10 heteroatoms. The zero-order valence-electron chi connectivity index (χ0n) is 17.0. The second-order valence-electron chi connectivity index (χ2n) is 6.71. The number of hydroxylamine groups is 1. The Morgan fingerprint density at radius 1 is 1.20 bits per heavy atom. The van der Waals surface area contributed by atoms with Crippen molar-refractivity contribution in [2.45, 2.75) is 20.8 Å². The lowest BCUT2D eigenvalue weighted by atomic mass is 10.0. The Morgan fingerprint density at radius 3 is 2.70 bits per heavy atom. The van der Waals surface area contributed by atoms with Crippen molar-refractivity contribution in [1.29, 1.82) is 0 Å². The summed E-state index contributed by atoms with van der Waals surface area (Å²) >= 11 is 6.22. The van der Waals surface area contributed by atoms with Gasteiger partial charge in [-0.1, -0.05) is 18.2 Å². The van der Waals surface area contributed by atoms with Gasteiger partial charge in [0.15, 0.2) is 11.6 Å². The minimum absolute atomic E-state index is 0.0706. The highest BCUT2D eigenvalue weighted by atomic mass is 35.5. The molecule has 2 aromatic heterocycles. The quantitative estimate of drug-likeness (QED) is 0.257. The van der Waals surface area contributed by atoms with Crippen molar-refractivity contribution in [3.05, 3.63) is 58.4 Å². The fraction of sp³-hybridized carbons (Fsp3) is 0.250. The van der Waals surface area contributed by atoms with Gasteiger partial charge in [-0.05, 0) is 44.0 Å². The maximum Gasteiger partial charge on any atom is 0.229 e. The molecule has 0 saturated heterocycles. The number of aromatic nitrogens is 4. The Bertz CT molecular complexity index is 1050. The summed E-state index contributed by atoms with van der Waals surface area (Å²) in [5.41, 5.74) is 7.98. The third-order valence-electron chi connectivity index (χ3n) is 4.23. The van der Waals surface area contributed by atoms with Crippen molar-refractivity contribution in [1.82, 2.24) is 25.6 Å². The summed E-state index contributed by atoms with van der Waals surface area (Å²) in [6.07, 6.45) is 1.53. The van der Waals surface area contributed by atoms with E-state index in [1.807, 2.05) is 39.0 Å². The average Bonchev–Trinajstić information content (AvgIpc) is 3.11. The second-order valence-corrected chi connectivity index (χ2v) is 7.12. The van der Waals surface area contributed by atoms with Crippen molar-refractivity contribution < 1.29 is 9.94 Å². The Balaban J connectivity index is 1.78. The lowest BCUT2D eigenvalue weighted by Gasteiger charge is -2.16. The summed E-state index contributed by atoms with van der Waals surface area (Å²) in [6, 6.07) is 5.81. The van der Waals surface area contributed by atoms with Gasteiger partial charge in [0.05, 0.1) is 25.1 Å². The van der Waals surface area contributed by atoms with Crippen molar-refractivity contribution in [3.63, 3.8) is 0 Å². The molecule has 0 unspecified atom stereocenters. The number of anilines is 4. The topological polar surface area (TPSA) is 120 Å². The molecule has 0 amide bonds. The first kappa shape index (κ1) is 21.6. The van der Waals surface area contributed by atoms with E-state index in [4.69, 9.17) is 21.5 Å². The SMILES string of the molecule is C=C(NOCCO)c1cc(C)c(Nc2ncc(Cl)c(Nc3cc(C)[nH]n3)n2)cc1C. The van der Waals surface area contributed by atoms with Crippen LogP contribution in [0.2, 0.25) is 5.02 Å². The fourth-order valence-electron chi connectivity index (χ4n) is 2.75. The molecule has 9 nitrogen and oxygen atoms in total. The number of nitrogens with one attached hydrogen (secondary N) is 4. The molecule has 5 N–H and O–H groups in total. The molecule has 0 fully saturated rings. The molecular weight excluding hydrogens is 406 g/mol. The predicted molar refractivity (Wildman–Crippen MR) is 118 cm³/mol. The van der Waals surface area contributed by atoms with E-state index in [1.54, 1.807) is 0 Å². The van der Waals surface area contributed by atoms with Gasteiger partial charge in [-0.25, -0.2) is 4.98 Å². The Morgan fingerprint density at radius 2 is 2.00 bits per heavy atom. The molecule has 0 radical (unpaired) electrons. The Labute approximate surface area is 179 Å². The van der Waals surface area contributed by atoms with Crippen LogP contribution in [0.15, 0.2) is 31.0 Å². The lowest BCUT2D eigenvalue weighted by molar-refractivity contribution is 0.0481. The van der Waals surface area contributed by atoms with Crippen LogP contribution in [-0.2, 0) is 4.84 Å². The molecule has 3 rings (SSSR count). The number of nitrogens with zero attached hydrogens (tertiary/aromatic N) is 3. The second kappa shape index (κ2) is 9.57. The molecule has 158 valence electrons. The largest absolute Gasteiger partial charge is 0.394 e. The molecule has 0 bridgehead atoms. The zero-order chi connectivity index (χ0) is 21.7. The van der Waals surface area contributed by atoms with Crippen LogP contribution in [0.25, 0.3) is 5.70 Å². The molecular formula is C20H24ClN7O2. The van der Waals surface area contributed by atoms with Gasteiger partial charge in [0.25, 0.3) is 0 Å². The number of aryl methyl sites for hydroxylation is 3. The van der Waals surface area contributed by atoms with Gasteiger partial charge in [-0.3, -0.25) is 15.4 Å². The van der Waals surface area contributed by atoms with Crippen molar-refractivity contribution in [2.24, 2.45) is 0 Å². The summed E-state index contributed by atoms with van der Waals surface area (Å²) in [5, 5.41) is 22.5. The first-order valence-electron chi connectivity index (χ1n) is 9.25. The average molecular weight is 430 g/mol. The van der Waals surface area contributed by atoms with E-state index in [0.717, 1.165) is 28.1 Å². The number of rotatable bonds is 9. The zero-order valence-corrected chi connectivity index (χ0v) is 17.8. The summed E-state index contributed by atoms with van der Waals surface area (Å²) in [6.45, 7) is 9.93. The highest BCUT2D eigenvalue weighted by Crippen LogP contribution is 2.28. The molecule has 30 heavy (non-hydrogen) atoms. The van der Waals surface area contributed by atoms with E-state index in [9.17, 15) is 0 Å². The van der Waals surface area contributed by atoms with Gasteiger partial charge < -0.3 is 15.7 Å². The van der Waals surface area contributed by atoms with Crippen LogP contribution in [0.3, 0.4) is 0 Å². The van der Waals surface area contributed by atoms with Crippen LogP contribution in [0, 0.1) is 20.8 Å². The van der Waals surface area contributed by atoms with E-state index in [0.29, 0.717) is 28.3 Å². The molecule has 0 aliphatic carbocycles. The van der Waals surface area contributed by atoms with E-state index < -0.39 is 0 Å². The van der Waals surface area contributed by atoms with Gasteiger partial charge in [0.2, 0.25) is 5.95 Å². The molecule has 3 aromatic rings. The van der Waals surface area contributed by atoms with Crippen molar-refractivity contribution in [2.75, 3.05) is 23.8 Å². The Kier molecular flexibility index (Phi) is 6.88. The number of hydrogen-bond donors (Lipinski definition) is 5. The van der Waals surface area contributed by atoms with Crippen LogP contribution >= 0.6 is 11.6 Å². The van der Waals surface area contributed by atoms with E-state index >= 15 is 0 Å². The maximum absolute atomic E-state index is 8.81. The standard InChI is InChI=1S/C20H24ClN7O2/c1-11-8-17(12(2)7-15(11)14(4)28-30-6-5-29)23-20-22-10-16(21)19(25-20)24-18-9-13(3)26-27-18/h7-10,28-29H,4-6H2,1-3H3,(H3,22,23,24,25,26,27). The van der Waals surface area contributed by atoms with E-state index in [-0.39, 0.29) is 13.2 Å². The molecule has 0 atom stereocenters. The smallest absolute Gasteiger partial charge is 0.229 e. The predicted octanol–water partition coefficient (Wildman–Crippen LogP) is 3.75. The number of aliphatic hydroxyl groups excluding tert-OH is 1. The number of aromatic amines is 1. The first-order chi connectivity index (χ1) is 14.4. The van der Waals surface area contributed by atoms with Crippen LogP contribution < -0.4 is 16.1 Å². The van der Waals surface area contributed by atoms with Gasteiger partial charge in [0, 0.05) is 23.0 Å². The molecule has 0 aliphatic heterocycles. The first-order valence-corrected chi connectivity index (χ1v) is 9.63. The summed E-state index contributed by atoms with van der Waals surface area (Å²) in [5.74, 6) is 1.46. The third-order valence-corrected chi connectivity index (χ3v) is 4.50. The molecule has 1 aromatic carbocycles. The number of H-pyrrole nitrogens is 1. The normalized spacial score (nSPS) is 10.7. The Hall–Kier alpha value is -3.14. The summed E-state index contributed by atoms with van der Waals surface area (Å²) in [7, 11) is 0. The lowest BCUT2D eigenvalue weighted by Crippen LogP contribution is -2.15. The van der Waals surface area contributed by atoms with Crippen LogP contribution in [-0.4, -0.2) is 38.5 Å². The highest BCUT2D eigenvalue weighted by molar-refractivity contribution is 6.32. The number of hydrogen-bond acceptors (Lipinski definition) is 8. The van der Waals surface area contributed by atoms with Gasteiger partial charge in [-0.2, -0.15) is 10.1 Å². The van der Waals surface area contributed by atoms with Gasteiger partial charge >= 0.3 is 0 Å². The minimum atomic E-state index is -0.0706. The molecule has 0 aliphatic rings. The number of aliphatic hydroxyl groups is 1. The van der Waals surface area contributed by atoms with Gasteiger partial charge in [0.1, 0.15) is 5.02 Å². The van der Waals surface area contributed by atoms with Crippen LogP contribution in [0.5, 0.6) is 0 Å². The maximum atomic E-state index is 8.81.